The second kappa shape index (κ2) is 6.25. The van der Waals surface area contributed by atoms with Gasteiger partial charge in [-0.15, -0.1) is 0 Å². The third kappa shape index (κ3) is 3.27. The highest BCUT2D eigenvalue weighted by molar-refractivity contribution is 5.23. The Kier molecular flexibility index (Phi) is 4.66. The lowest BCUT2D eigenvalue weighted by molar-refractivity contribution is 0.144. The number of nitrogens with two attached hydrogens (primary N) is 1. The molecule has 1 unspecified atom stereocenters. The third-order valence-corrected chi connectivity index (χ3v) is 3.64. The Hall–Kier alpha value is -1.00. The van der Waals surface area contributed by atoms with E-state index in [9.17, 15) is 8.78 Å². The molecule has 2 nitrogen and oxygen atoms in total. The van der Waals surface area contributed by atoms with Crippen LogP contribution < -0.4 is 5.73 Å². The molecule has 0 bridgehead atoms. The van der Waals surface area contributed by atoms with Crippen LogP contribution in [0.15, 0.2) is 24.3 Å². The Morgan fingerprint density at radius 1 is 1.22 bits per heavy atom. The fourth-order valence-corrected chi connectivity index (χ4v) is 2.54. The zero-order chi connectivity index (χ0) is 13.0. The summed E-state index contributed by atoms with van der Waals surface area (Å²) in [6, 6.07) is 7.06. The van der Waals surface area contributed by atoms with E-state index in [-0.39, 0.29) is 5.56 Å². The van der Waals surface area contributed by atoms with E-state index in [1.165, 1.54) is 25.0 Å². The van der Waals surface area contributed by atoms with Crippen molar-refractivity contribution in [3.05, 3.63) is 35.4 Å². The quantitative estimate of drug-likeness (QED) is 0.895. The molecule has 4 heteroatoms. The number of nitrogens with zero attached hydrogens (tertiary/aromatic N) is 1. The standard InChI is InChI=1S/C14H20F2N2/c15-14(16)12-6-4-11(5-7-12)10-18-8-2-1-3-13(18)9-17/h4-7,13-14H,1-3,8-10,17H2. The monoisotopic (exact) mass is 254 g/mol. The van der Waals surface area contributed by atoms with Crippen LogP contribution in [0.25, 0.3) is 0 Å². The number of piperidine rings is 1. The maximum Gasteiger partial charge on any atom is 0.263 e. The topological polar surface area (TPSA) is 29.3 Å². The van der Waals surface area contributed by atoms with Gasteiger partial charge in [0.25, 0.3) is 6.43 Å². The van der Waals surface area contributed by atoms with Gasteiger partial charge in [-0.3, -0.25) is 4.90 Å². The summed E-state index contributed by atoms with van der Waals surface area (Å²) in [5.41, 5.74) is 6.94. The van der Waals surface area contributed by atoms with E-state index in [1.54, 1.807) is 12.1 Å². The number of hydrogen-bond acceptors (Lipinski definition) is 2. The van der Waals surface area contributed by atoms with Crippen molar-refractivity contribution in [1.29, 1.82) is 0 Å². The van der Waals surface area contributed by atoms with Gasteiger partial charge in [0.05, 0.1) is 0 Å². The summed E-state index contributed by atoms with van der Waals surface area (Å²) in [5.74, 6) is 0. The predicted octanol–water partition coefficient (Wildman–Crippen LogP) is 2.94. The molecular formula is C14H20F2N2. The normalized spacial score (nSPS) is 21.4. The average Bonchev–Trinajstić information content (AvgIpc) is 2.40. The zero-order valence-corrected chi connectivity index (χ0v) is 10.5. The van der Waals surface area contributed by atoms with Gasteiger partial charge in [-0.25, -0.2) is 8.78 Å². The molecule has 1 fully saturated rings. The van der Waals surface area contributed by atoms with Crippen molar-refractivity contribution in [2.45, 2.75) is 38.3 Å². The summed E-state index contributed by atoms with van der Waals surface area (Å²) >= 11 is 0. The second-order valence-corrected chi connectivity index (χ2v) is 4.90. The maximum absolute atomic E-state index is 12.4. The van der Waals surface area contributed by atoms with Gasteiger partial charge in [0.1, 0.15) is 0 Å². The molecule has 0 aliphatic carbocycles. The van der Waals surface area contributed by atoms with Crippen molar-refractivity contribution in [1.82, 2.24) is 4.90 Å². The number of alkyl halides is 2. The second-order valence-electron chi connectivity index (χ2n) is 4.90. The van der Waals surface area contributed by atoms with Crippen molar-refractivity contribution >= 4 is 0 Å². The van der Waals surface area contributed by atoms with Crippen LogP contribution in [-0.2, 0) is 6.54 Å². The fraction of sp³-hybridized carbons (Fsp3) is 0.571. The maximum atomic E-state index is 12.4. The Labute approximate surface area is 107 Å². The SMILES string of the molecule is NCC1CCCCN1Cc1ccc(C(F)F)cc1. The van der Waals surface area contributed by atoms with E-state index in [2.05, 4.69) is 4.90 Å². The predicted molar refractivity (Wildman–Crippen MR) is 68.5 cm³/mol. The van der Waals surface area contributed by atoms with Gasteiger partial charge in [0, 0.05) is 24.7 Å². The minimum Gasteiger partial charge on any atom is -0.329 e. The molecule has 100 valence electrons. The van der Waals surface area contributed by atoms with Crippen LogP contribution >= 0.6 is 0 Å². The van der Waals surface area contributed by atoms with Gasteiger partial charge in [-0.05, 0) is 24.9 Å². The van der Waals surface area contributed by atoms with Crippen LogP contribution in [-0.4, -0.2) is 24.0 Å². The number of likely N-dealkylation sites (tertiary alicyclic amines) is 1. The molecule has 2 rings (SSSR count). The molecule has 18 heavy (non-hydrogen) atoms. The molecule has 0 aromatic heterocycles. The Balaban J connectivity index is 1.99. The molecular weight excluding hydrogens is 234 g/mol. The van der Waals surface area contributed by atoms with Crippen LogP contribution in [0, 0.1) is 0 Å². The molecule has 1 atom stereocenters. The van der Waals surface area contributed by atoms with Crippen LogP contribution in [0.2, 0.25) is 0 Å². The smallest absolute Gasteiger partial charge is 0.263 e. The van der Waals surface area contributed by atoms with Crippen molar-refractivity contribution in [2.24, 2.45) is 5.73 Å². The highest BCUT2D eigenvalue weighted by Crippen LogP contribution is 2.22. The van der Waals surface area contributed by atoms with Gasteiger partial charge in [-0.1, -0.05) is 30.7 Å². The number of benzene rings is 1. The molecule has 1 aliphatic heterocycles. The van der Waals surface area contributed by atoms with Crippen LogP contribution in [0.4, 0.5) is 8.78 Å². The summed E-state index contributed by atoms with van der Waals surface area (Å²) in [6.07, 6.45) is 1.20. The number of halogens is 2. The molecule has 0 amide bonds. The van der Waals surface area contributed by atoms with Gasteiger partial charge < -0.3 is 5.73 Å². The van der Waals surface area contributed by atoms with E-state index < -0.39 is 6.43 Å². The van der Waals surface area contributed by atoms with Gasteiger partial charge >= 0.3 is 0 Å². The molecule has 2 N–H and O–H groups in total. The largest absolute Gasteiger partial charge is 0.329 e. The molecule has 1 saturated heterocycles. The van der Waals surface area contributed by atoms with E-state index >= 15 is 0 Å². The molecule has 1 heterocycles. The Morgan fingerprint density at radius 3 is 2.56 bits per heavy atom. The first-order chi connectivity index (χ1) is 8.70. The van der Waals surface area contributed by atoms with Crippen LogP contribution in [0.3, 0.4) is 0 Å². The molecule has 1 aromatic rings. The van der Waals surface area contributed by atoms with Crippen molar-refractivity contribution < 1.29 is 8.78 Å². The summed E-state index contributed by atoms with van der Waals surface area (Å²) < 4.78 is 24.9. The number of rotatable bonds is 4. The van der Waals surface area contributed by atoms with E-state index in [1.807, 2.05) is 0 Å². The third-order valence-electron chi connectivity index (χ3n) is 3.64. The number of hydrogen-bond donors (Lipinski definition) is 1. The van der Waals surface area contributed by atoms with Crippen molar-refractivity contribution in [3.63, 3.8) is 0 Å². The van der Waals surface area contributed by atoms with Gasteiger partial charge in [0.15, 0.2) is 0 Å². The van der Waals surface area contributed by atoms with E-state index in [0.717, 1.165) is 25.1 Å². The lowest BCUT2D eigenvalue weighted by Gasteiger charge is -2.35. The highest BCUT2D eigenvalue weighted by Gasteiger charge is 2.20. The first-order valence-corrected chi connectivity index (χ1v) is 6.52. The Morgan fingerprint density at radius 2 is 1.94 bits per heavy atom. The molecule has 0 saturated carbocycles. The molecule has 1 aliphatic rings. The minimum atomic E-state index is -2.38. The first kappa shape index (κ1) is 13.4. The first-order valence-electron chi connectivity index (χ1n) is 6.52. The van der Waals surface area contributed by atoms with Crippen LogP contribution in [0.5, 0.6) is 0 Å². The van der Waals surface area contributed by atoms with Crippen molar-refractivity contribution in [3.8, 4) is 0 Å². The zero-order valence-electron chi connectivity index (χ0n) is 10.5. The summed E-state index contributed by atoms with van der Waals surface area (Å²) in [5, 5.41) is 0. The lowest BCUT2D eigenvalue weighted by Crippen LogP contribution is -2.43. The van der Waals surface area contributed by atoms with Gasteiger partial charge in [0.2, 0.25) is 0 Å². The summed E-state index contributed by atoms with van der Waals surface area (Å²) in [7, 11) is 0. The Bertz CT molecular complexity index is 365. The molecule has 1 aromatic carbocycles. The van der Waals surface area contributed by atoms with Crippen molar-refractivity contribution in [2.75, 3.05) is 13.1 Å². The average molecular weight is 254 g/mol. The minimum absolute atomic E-state index is 0.0905. The summed E-state index contributed by atoms with van der Waals surface area (Å²) in [4.78, 5) is 2.36. The fourth-order valence-electron chi connectivity index (χ4n) is 2.54. The summed E-state index contributed by atoms with van der Waals surface area (Å²) in [6.45, 7) is 2.54. The lowest BCUT2D eigenvalue weighted by atomic mass is 10.0. The molecule has 0 radical (unpaired) electrons. The molecule has 0 spiro atoms. The van der Waals surface area contributed by atoms with Crippen LogP contribution in [0.1, 0.15) is 36.8 Å². The van der Waals surface area contributed by atoms with Gasteiger partial charge in [-0.2, -0.15) is 0 Å². The van der Waals surface area contributed by atoms with E-state index in [4.69, 9.17) is 5.73 Å². The van der Waals surface area contributed by atoms with E-state index in [0.29, 0.717) is 12.6 Å². The highest BCUT2D eigenvalue weighted by atomic mass is 19.3.